The number of carbonyl (C=O) groups is 2. The first kappa shape index (κ1) is 20.6. The third-order valence-corrected chi connectivity index (χ3v) is 5.10. The number of aryl methyl sites for hydroxylation is 1. The number of pyridine rings is 1. The first-order chi connectivity index (χ1) is 14.7. The van der Waals surface area contributed by atoms with Crippen molar-refractivity contribution in [1.82, 2.24) is 14.8 Å². The predicted molar refractivity (Wildman–Crippen MR) is 107 cm³/mol. The van der Waals surface area contributed by atoms with Crippen molar-refractivity contribution in [2.75, 3.05) is 16.8 Å². The average molecular weight is 429 g/mol. The van der Waals surface area contributed by atoms with Gasteiger partial charge in [-0.3, -0.25) is 19.3 Å². The molecule has 31 heavy (non-hydrogen) atoms. The lowest BCUT2D eigenvalue weighted by atomic mass is 10.0. The zero-order valence-corrected chi connectivity index (χ0v) is 16.6. The van der Waals surface area contributed by atoms with Gasteiger partial charge in [-0.1, -0.05) is 0 Å². The summed E-state index contributed by atoms with van der Waals surface area (Å²) in [6, 6.07) is 6.59. The molecule has 2 aromatic heterocycles. The number of benzene rings is 1. The molecular weight excluding hydrogens is 411 g/mol. The molecule has 7 nitrogen and oxygen atoms in total. The van der Waals surface area contributed by atoms with E-state index >= 15 is 0 Å². The first-order valence-electron chi connectivity index (χ1n) is 9.45. The van der Waals surface area contributed by atoms with E-state index in [1.54, 1.807) is 18.3 Å². The fourth-order valence-electron chi connectivity index (χ4n) is 3.62. The molecule has 160 valence electrons. The molecule has 1 N–H and O–H groups in total. The Hall–Kier alpha value is -3.69. The number of fused-ring (bicyclic) bond motifs is 1. The number of aromatic nitrogens is 3. The van der Waals surface area contributed by atoms with Crippen LogP contribution in [-0.2, 0) is 6.18 Å². The highest BCUT2D eigenvalue weighted by atomic mass is 19.4. The molecule has 0 aliphatic carbocycles. The third-order valence-electron chi connectivity index (χ3n) is 5.10. The molecule has 0 unspecified atom stereocenters. The van der Waals surface area contributed by atoms with Crippen LogP contribution >= 0.6 is 0 Å². The second-order valence-electron chi connectivity index (χ2n) is 7.31. The van der Waals surface area contributed by atoms with Gasteiger partial charge in [-0.25, -0.2) is 0 Å². The van der Waals surface area contributed by atoms with Gasteiger partial charge in [0.05, 0.1) is 35.2 Å². The summed E-state index contributed by atoms with van der Waals surface area (Å²) in [5.74, 6) is -1.04. The number of amides is 2. The van der Waals surface area contributed by atoms with Gasteiger partial charge in [0.1, 0.15) is 5.69 Å². The fourth-order valence-corrected chi connectivity index (χ4v) is 3.62. The van der Waals surface area contributed by atoms with Gasteiger partial charge in [0.25, 0.3) is 11.8 Å². The molecule has 2 amide bonds. The quantitative estimate of drug-likeness (QED) is 0.681. The molecule has 0 bridgehead atoms. The molecule has 0 saturated carbocycles. The topological polar surface area (TPSA) is 80.1 Å². The van der Waals surface area contributed by atoms with E-state index in [0.717, 1.165) is 6.07 Å². The van der Waals surface area contributed by atoms with Crippen molar-refractivity contribution in [2.45, 2.75) is 26.1 Å². The maximum atomic E-state index is 13.2. The Morgan fingerprint density at radius 3 is 2.65 bits per heavy atom. The molecular formula is C21H18F3N5O2. The zero-order valence-electron chi connectivity index (χ0n) is 16.6. The summed E-state index contributed by atoms with van der Waals surface area (Å²) in [7, 11) is 0. The minimum absolute atomic E-state index is 0.0130. The van der Waals surface area contributed by atoms with Gasteiger partial charge in [-0.15, -0.1) is 0 Å². The molecule has 1 aliphatic heterocycles. The highest BCUT2D eigenvalue weighted by molar-refractivity contribution is 6.15. The zero-order chi connectivity index (χ0) is 22.3. The summed E-state index contributed by atoms with van der Waals surface area (Å²) >= 11 is 0. The van der Waals surface area contributed by atoms with Gasteiger partial charge in [0.2, 0.25) is 0 Å². The lowest BCUT2D eigenvalue weighted by Gasteiger charge is -2.32. The Morgan fingerprint density at radius 2 is 2.00 bits per heavy atom. The van der Waals surface area contributed by atoms with E-state index in [0.29, 0.717) is 11.4 Å². The molecule has 4 rings (SSSR count). The highest BCUT2D eigenvalue weighted by Crippen LogP contribution is 2.35. The second-order valence-corrected chi connectivity index (χ2v) is 7.31. The van der Waals surface area contributed by atoms with E-state index in [-0.39, 0.29) is 29.4 Å². The first-order valence-corrected chi connectivity index (χ1v) is 9.45. The lowest BCUT2D eigenvalue weighted by molar-refractivity contribution is -0.138. The molecule has 0 radical (unpaired) electrons. The summed E-state index contributed by atoms with van der Waals surface area (Å²) < 4.78 is 40.8. The summed E-state index contributed by atoms with van der Waals surface area (Å²) in [6.07, 6.45) is -0.128. The number of halogens is 3. The van der Waals surface area contributed by atoms with E-state index in [4.69, 9.17) is 0 Å². The standard InChI is InChI=1S/C21H18F3N5O2/c1-12-8-15(5-6-17(12)21(22,23)24)28-11-13(2)29-18(20(28)31)16(10-26-29)19(30)27-14-4-3-7-25-9-14/h3-10,13H,11H2,1-2H3,(H,27,30)/t13-/m0/s1. The van der Waals surface area contributed by atoms with Crippen molar-refractivity contribution in [2.24, 2.45) is 0 Å². The number of carbonyl (C=O) groups excluding carboxylic acids is 2. The van der Waals surface area contributed by atoms with Crippen molar-refractivity contribution in [3.05, 3.63) is 71.3 Å². The van der Waals surface area contributed by atoms with E-state index in [1.807, 2.05) is 6.92 Å². The van der Waals surface area contributed by atoms with Crippen molar-refractivity contribution in [1.29, 1.82) is 0 Å². The van der Waals surface area contributed by atoms with Crippen LogP contribution in [0.25, 0.3) is 0 Å². The minimum Gasteiger partial charge on any atom is -0.320 e. The molecule has 3 aromatic rings. The van der Waals surface area contributed by atoms with Crippen LogP contribution in [0.5, 0.6) is 0 Å². The number of rotatable bonds is 3. The monoisotopic (exact) mass is 429 g/mol. The molecule has 1 aliphatic rings. The SMILES string of the molecule is Cc1cc(N2C[C@H](C)n3ncc(C(=O)Nc4cccnc4)c3C2=O)ccc1C(F)(F)F. The molecule has 1 aromatic carbocycles. The Labute approximate surface area is 175 Å². The number of anilines is 2. The van der Waals surface area contributed by atoms with Crippen LogP contribution in [0.1, 0.15) is 44.9 Å². The van der Waals surface area contributed by atoms with Crippen molar-refractivity contribution in [3.63, 3.8) is 0 Å². The number of nitrogens with zero attached hydrogens (tertiary/aromatic N) is 4. The van der Waals surface area contributed by atoms with Crippen molar-refractivity contribution >= 4 is 23.2 Å². The van der Waals surface area contributed by atoms with Crippen molar-refractivity contribution < 1.29 is 22.8 Å². The van der Waals surface area contributed by atoms with Gasteiger partial charge in [0.15, 0.2) is 0 Å². The van der Waals surface area contributed by atoms with Gasteiger partial charge < -0.3 is 10.2 Å². The van der Waals surface area contributed by atoms with Crippen LogP contribution in [0, 0.1) is 6.92 Å². The van der Waals surface area contributed by atoms with Gasteiger partial charge >= 0.3 is 6.18 Å². The van der Waals surface area contributed by atoms with E-state index in [1.165, 1.54) is 41.0 Å². The number of hydrogen-bond donors (Lipinski definition) is 1. The van der Waals surface area contributed by atoms with Crippen LogP contribution in [0.2, 0.25) is 0 Å². The molecule has 10 heteroatoms. The van der Waals surface area contributed by atoms with E-state index < -0.39 is 23.6 Å². The molecule has 3 heterocycles. The molecule has 0 spiro atoms. The lowest BCUT2D eigenvalue weighted by Crippen LogP contribution is -2.43. The van der Waals surface area contributed by atoms with Gasteiger partial charge in [-0.05, 0) is 49.7 Å². The van der Waals surface area contributed by atoms with Gasteiger partial charge in [0, 0.05) is 18.4 Å². The number of alkyl halides is 3. The van der Waals surface area contributed by atoms with Crippen LogP contribution in [0.4, 0.5) is 24.5 Å². The van der Waals surface area contributed by atoms with Crippen LogP contribution in [-0.4, -0.2) is 33.1 Å². The molecule has 1 atom stereocenters. The van der Waals surface area contributed by atoms with Crippen LogP contribution < -0.4 is 10.2 Å². The maximum absolute atomic E-state index is 13.2. The normalized spacial score (nSPS) is 16.2. The summed E-state index contributed by atoms with van der Waals surface area (Å²) in [6.45, 7) is 3.37. The third kappa shape index (κ3) is 3.76. The Bertz CT molecular complexity index is 1160. The Kier molecular flexibility index (Phi) is 5.00. The average Bonchev–Trinajstić information content (AvgIpc) is 3.17. The smallest absolute Gasteiger partial charge is 0.320 e. The highest BCUT2D eigenvalue weighted by Gasteiger charge is 2.37. The van der Waals surface area contributed by atoms with Crippen molar-refractivity contribution in [3.8, 4) is 0 Å². The van der Waals surface area contributed by atoms with Gasteiger partial charge in [-0.2, -0.15) is 18.3 Å². The number of nitrogens with one attached hydrogen (secondary N) is 1. The second kappa shape index (κ2) is 7.53. The van der Waals surface area contributed by atoms with Crippen LogP contribution in [0.3, 0.4) is 0 Å². The summed E-state index contributed by atoms with van der Waals surface area (Å²) in [4.78, 5) is 31.3. The minimum atomic E-state index is -4.47. The summed E-state index contributed by atoms with van der Waals surface area (Å²) in [5, 5.41) is 6.85. The largest absolute Gasteiger partial charge is 0.416 e. The molecule has 0 fully saturated rings. The van der Waals surface area contributed by atoms with E-state index in [2.05, 4.69) is 15.4 Å². The molecule has 0 saturated heterocycles. The summed E-state index contributed by atoms with van der Waals surface area (Å²) in [5.41, 5.74) is 0.202. The fraction of sp³-hybridized carbons (Fsp3) is 0.238. The maximum Gasteiger partial charge on any atom is 0.416 e. The Balaban J connectivity index is 1.68. The van der Waals surface area contributed by atoms with E-state index in [9.17, 15) is 22.8 Å². The van der Waals surface area contributed by atoms with Crippen LogP contribution in [0.15, 0.2) is 48.9 Å². The number of hydrogen-bond acceptors (Lipinski definition) is 4. The Morgan fingerprint density at radius 1 is 1.23 bits per heavy atom. The predicted octanol–water partition coefficient (Wildman–Crippen LogP) is 4.08.